The van der Waals surface area contributed by atoms with E-state index in [-0.39, 0.29) is 40.2 Å². The van der Waals surface area contributed by atoms with Crippen molar-refractivity contribution in [1.29, 1.82) is 0 Å². The molecule has 4 N–H and O–H groups in total. The molecule has 0 saturated heterocycles. The number of aromatic nitrogens is 2. The average molecular weight is 538 g/mol. The Hall–Kier alpha value is -4.58. The maximum atomic E-state index is 15.3. The second-order valence-corrected chi connectivity index (χ2v) is 10.3. The van der Waals surface area contributed by atoms with Crippen LogP contribution in [-0.4, -0.2) is 37.2 Å². The molecule has 0 aliphatic carbocycles. The first-order chi connectivity index (χ1) is 18.1. The third-order valence-electron chi connectivity index (χ3n) is 6.18. The summed E-state index contributed by atoms with van der Waals surface area (Å²) < 4.78 is 55.9. The lowest BCUT2D eigenvalue weighted by atomic mass is 9.92. The van der Waals surface area contributed by atoms with E-state index in [0.717, 1.165) is 30.3 Å². The van der Waals surface area contributed by atoms with Crippen molar-refractivity contribution in [2.24, 2.45) is 0 Å². The van der Waals surface area contributed by atoms with Crippen LogP contribution in [0.2, 0.25) is 0 Å². The number of nitrogens with zero attached hydrogens (tertiary/aromatic N) is 1. The van der Waals surface area contributed by atoms with Crippen LogP contribution >= 0.6 is 0 Å². The van der Waals surface area contributed by atoms with Gasteiger partial charge in [-0.3, -0.25) is 14.3 Å². The summed E-state index contributed by atoms with van der Waals surface area (Å²) >= 11 is 0. The van der Waals surface area contributed by atoms with E-state index < -0.39 is 21.7 Å². The molecule has 0 saturated carbocycles. The predicted molar refractivity (Wildman–Crippen MR) is 136 cm³/mol. The topological polar surface area (TPSA) is 133 Å². The van der Waals surface area contributed by atoms with Crippen molar-refractivity contribution < 1.29 is 26.8 Å². The number of aryl methyl sites for hydroxylation is 1. The highest BCUT2D eigenvalue weighted by molar-refractivity contribution is 7.92. The average Bonchev–Trinajstić information content (AvgIpc) is 3.46. The molecule has 9 nitrogen and oxygen atoms in total. The van der Waals surface area contributed by atoms with Crippen molar-refractivity contribution >= 4 is 27.5 Å². The number of carbonyl (C=O) groups is 2. The van der Waals surface area contributed by atoms with Gasteiger partial charge in [-0.2, -0.15) is 0 Å². The van der Waals surface area contributed by atoms with Gasteiger partial charge in [0.15, 0.2) is 0 Å². The lowest BCUT2D eigenvalue weighted by Crippen LogP contribution is -2.19. The fraction of sp³-hybridized carbons (Fsp3) is 0.115. The number of rotatable bonds is 6. The standard InChI is InChI=1S/C26H21F2N5O4S/c1-13-23(26(35)29-2)32-24(31-13)19-10-9-17(20-12-30-25(34)22(19)20)18-8-5-15(11-21(18)28)33-38(36,37)16-6-3-14(27)4-7-16/h3-11,33H,12H2,1-2H3,(H,29,35)(H,30,34)(H,31,32). The Morgan fingerprint density at radius 2 is 1.68 bits per heavy atom. The minimum Gasteiger partial charge on any atom is -0.354 e. The van der Waals surface area contributed by atoms with E-state index in [1.807, 2.05) is 0 Å². The molecule has 12 heteroatoms. The molecule has 1 aliphatic rings. The summed E-state index contributed by atoms with van der Waals surface area (Å²) in [5.41, 5.74) is 2.62. The number of halogens is 2. The Kier molecular flexibility index (Phi) is 6.19. The summed E-state index contributed by atoms with van der Waals surface area (Å²) in [6.45, 7) is 1.84. The van der Waals surface area contributed by atoms with Crippen molar-refractivity contribution in [1.82, 2.24) is 20.6 Å². The van der Waals surface area contributed by atoms with Crippen LogP contribution in [0.3, 0.4) is 0 Å². The third-order valence-corrected chi connectivity index (χ3v) is 7.58. The fourth-order valence-corrected chi connectivity index (χ4v) is 5.40. The van der Waals surface area contributed by atoms with Crippen LogP contribution in [-0.2, 0) is 16.6 Å². The van der Waals surface area contributed by atoms with Crippen LogP contribution in [0.25, 0.3) is 22.5 Å². The van der Waals surface area contributed by atoms with E-state index in [4.69, 9.17) is 0 Å². The van der Waals surface area contributed by atoms with Crippen molar-refractivity contribution in [2.45, 2.75) is 18.4 Å². The summed E-state index contributed by atoms with van der Waals surface area (Å²) in [6, 6.07) is 11.4. The number of anilines is 1. The van der Waals surface area contributed by atoms with Gasteiger partial charge in [0.25, 0.3) is 21.8 Å². The summed E-state index contributed by atoms with van der Waals surface area (Å²) in [6.07, 6.45) is 0. The highest BCUT2D eigenvalue weighted by atomic mass is 32.2. The van der Waals surface area contributed by atoms with E-state index in [1.54, 1.807) is 19.1 Å². The molecular formula is C26H21F2N5O4S. The number of amides is 2. The first kappa shape index (κ1) is 25.1. The van der Waals surface area contributed by atoms with Crippen LogP contribution in [0, 0.1) is 18.6 Å². The summed E-state index contributed by atoms with van der Waals surface area (Å²) in [7, 11) is -2.57. The maximum absolute atomic E-state index is 15.3. The van der Waals surface area contributed by atoms with Gasteiger partial charge in [-0.15, -0.1) is 0 Å². The van der Waals surface area contributed by atoms with Crippen molar-refractivity contribution in [3.05, 3.63) is 88.7 Å². The molecule has 4 aromatic rings. The van der Waals surface area contributed by atoms with Crippen LogP contribution < -0.4 is 15.4 Å². The SMILES string of the molecule is CNC(=O)c1nc(-c2ccc(-c3ccc(NS(=O)(=O)c4ccc(F)cc4)cc3F)c3c2C(=O)NC3)[nH]c1C. The van der Waals surface area contributed by atoms with Crippen LogP contribution in [0.15, 0.2) is 59.5 Å². The number of H-pyrrole nitrogens is 1. The molecule has 0 atom stereocenters. The zero-order valence-electron chi connectivity index (χ0n) is 20.1. The van der Waals surface area contributed by atoms with Crippen LogP contribution in [0.4, 0.5) is 14.5 Å². The lowest BCUT2D eigenvalue weighted by molar-refractivity contribution is 0.0953. The largest absolute Gasteiger partial charge is 0.354 e. The Balaban J connectivity index is 1.51. The number of imidazole rings is 1. The molecule has 5 rings (SSSR count). The normalized spacial score (nSPS) is 12.7. The molecule has 2 amide bonds. The lowest BCUT2D eigenvalue weighted by Gasteiger charge is -2.13. The Morgan fingerprint density at radius 3 is 2.37 bits per heavy atom. The monoisotopic (exact) mass is 537 g/mol. The van der Waals surface area contributed by atoms with Gasteiger partial charge in [0.05, 0.1) is 16.1 Å². The zero-order valence-corrected chi connectivity index (χ0v) is 21.0. The number of sulfonamides is 1. The van der Waals surface area contributed by atoms with Crippen molar-refractivity contribution in [3.8, 4) is 22.5 Å². The van der Waals surface area contributed by atoms with Gasteiger partial charge in [0.1, 0.15) is 23.2 Å². The quantitative estimate of drug-likeness (QED) is 0.298. The van der Waals surface area contributed by atoms with Gasteiger partial charge < -0.3 is 15.6 Å². The second-order valence-electron chi connectivity index (χ2n) is 8.59. The number of aromatic amines is 1. The predicted octanol–water partition coefficient (Wildman–Crippen LogP) is 3.73. The number of hydrogen-bond acceptors (Lipinski definition) is 5. The van der Waals surface area contributed by atoms with Gasteiger partial charge in [0.2, 0.25) is 0 Å². The number of carbonyl (C=O) groups excluding carboxylic acids is 2. The molecule has 38 heavy (non-hydrogen) atoms. The van der Waals surface area contributed by atoms with Gasteiger partial charge >= 0.3 is 0 Å². The first-order valence-corrected chi connectivity index (χ1v) is 12.9. The fourth-order valence-electron chi connectivity index (χ4n) is 4.35. The second kappa shape index (κ2) is 9.38. The smallest absolute Gasteiger partial charge is 0.271 e. The first-order valence-electron chi connectivity index (χ1n) is 11.4. The Bertz CT molecular complexity index is 1720. The van der Waals surface area contributed by atoms with Gasteiger partial charge in [0, 0.05) is 30.4 Å². The van der Waals surface area contributed by atoms with E-state index in [1.165, 1.54) is 19.2 Å². The molecule has 0 unspecified atom stereocenters. The molecular weight excluding hydrogens is 516 g/mol. The molecule has 0 bridgehead atoms. The van der Waals surface area contributed by atoms with Crippen LogP contribution in [0.5, 0.6) is 0 Å². The minimum atomic E-state index is -4.06. The Morgan fingerprint density at radius 1 is 1.00 bits per heavy atom. The van der Waals surface area contributed by atoms with Gasteiger partial charge in [-0.25, -0.2) is 22.2 Å². The summed E-state index contributed by atoms with van der Waals surface area (Å²) in [5, 5.41) is 5.26. The maximum Gasteiger partial charge on any atom is 0.271 e. The highest BCUT2D eigenvalue weighted by Gasteiger charge is 2.29. The van der Waals surface area contributed by atoms with Crippen molar-refractivity contribution in [3.63, 3.8) is 0 Å². The molecule has 0 spiro atoms. The van der Waals surface area contributed by atoms with E-state index in [9.17, 15) is 22.4 Å². The number of nitrogens with one attached hydrogen (secondary N) is 4. The van der Waals surface area contributed by atoms with Gasteiger partial charge in [-0.05, 0) is 66.6 Å². The molecule has 2 heterocycles. The third kappa shape index (κ3) is 4.39. The van der Waals surface area contributed by atoms with Gasteiger partial charge in [-0.1, -0.05) is 6.07 Å². The molecule has 0 radical (unpaired) electrons. The number of hydrogen-bond donors (Lipinski definition) is 4. The molecule has 1 aromatic heterocycles. The molecule has 0 fully saturated rings. The molecule has 194 valence electrons. The minimum absolute atomic E-state index is 0.0224. The zero-order chi connectivity index (χ0) is 27.2. The van der Waals surface area contributed by atoms with E-state index in [2.05, 4.69) is 25.3 Å². The Labute approximate surface area is 216 Å². The van der Waals surface area contributed by atoms with Crippen molar-refractivity contribution in [2.75, 3.05) is 11.8 Å². The number of benzene rings is 3. The summed E-state index contributed by atoms with van der Waals surface area (Å²) in [4.78, 5) is 32.0. The van der Waals surface area contributed by atoms with E-state index in [0.29, 0.717) is 33.8 Å². The summed E-state index contributed by atoms with van der Waals surface area (Å²) in [5.74, 6) is -1.71. The molecule has 1 aliphatic heterocycles. The number of fused-ring (bicyclic) bond motifs is 1. The van der Waals surface area contributed by atoms with E-state index >= 15 is 4.39 Å². The highest BCUT2D eigenvalue weighted by Crippen LogP contribution is 2.37. The van der Waals surface area contributed by atoms with Crippen LogP contribution in [0.1, 0.15) is 32.1 Å². The molecule has 3 aromatic carbocycles.